The lowest BCUT2D eigenvalue weighted by molar-refractivity contribution is -0.220. The Morgan fingerprint density at radius 1 is 0.525 bits per heavy atom. The molecule has 0 aromatic carbocycles. The van der Waals surface area contributed by atoms with E-state index in [1.807, 2.05) is 0 Å². The van der Waals surface area contributed by atoms with Crippen molar-refractivity contribution in [3.63, 3.8) is 0 Å². The number of unbranched alkanes of at least 4 members (excludes halogenated alkanes) is 19. The zero-order valence-corrected chi connectivity index (χ0v) is 37.2. The van der Waals surface area contributed by atoms with E-state index < -0.39 is 75.7 Å². The van der Waals surface area contributed by atoms with Gasteiger partial charge in [0.1, 0.15) is 43.2 Å². The number of phosphoric ester groups is 1. The predicted octanol–water partition coefficient (Wildman–Crippen LogP) is 8.61. The molecule has 0 amide bonds. The fourth-order valence-corrected chi connectivity index (χ4v) is 7.74. The molecular formula is C45H81O13P. The Labute approximate surface area is 355 Å². The Bertz CT molecular complexity index is 1180. The van der Waals surface area contributed by atoms with Crippen LogP contribution in [0.2, 0.25) is 0 Å². The van der Waals surface area contributed by atoms with Crippen molar-refractivity contribution in [1.82, 2.24) is 0 Å². The Morgan fingerprint density at radius 3 is 1.42 bits per heavy atom. The van der Waals surface area contributed by atoms with E-state index in [2.05, 4.69) is 50.3 Å². The SMILES string of the molecule is CCCCCC=CCC=CCC=CCCCCCCC(=O)O[C@H](COC(=O)CCCCCCCCCCCCCCC)COP(=O)(O)OC1C(O)C(O)C(O)[C@@H](O)C1O. The molecule has 8 atom stereocenters. The molecule has 13 nitrogen and oxygen atoms in total. The maximum absolute atomic E-state index is 12.8. The summed E-state index contributed by atoms with van der Waals surface area (Å²) in [6.07, 6.45) is 26.2. The molecule has 1 rings (SSSR count). The van der Waals surface area contributed by atoms with E-state index in [4.69, 9.17) is 18.5 Å². The maximum Gasteiger partial charge on any atom is 0.472 e. The summed E-state index contributed by atoms with van der Waals surface area (Å²) < 4.78 is 33.5. The summed E-state index contributed by atoms with van der Waals surface area (Å²) in [5.41, 5.74) is 0. The molecule has 0 radical (unpaired) electrons. The molecule has 0 aromatic rings. The van der Waals surface area contributed by atoms with E-state index in [1.54, 1.807) is 0 Å². The van der Waals surface area contributed by atoms with Crippen molar-refractivity contribution >= 4 is 19.8 Å². The van der Waals surface area contributed by atoms with E-state index in [0.29, 0.717) is 12.8 Å². The average molecular weight is 861 g/mol. The number of aliphatic hydroxyl groups is 5. The fraction of sp³-hybridized carbons (Fsp3) is 0.822. The second-order valence-corrected chi connectivity index (χ2v) is 17.3. The molecule has 344 valence electrons. The molecule has 0 heterocycles. The number of hydrogen-bond donors (Lipinski definition) is 6. The number of rotatable bonds is 37. The number of aliphatic hydroxyl groups excluding tert-OH is 5. The lowest BCUT2D eigenvalue weighted by atomic mass is 9.85. The lowest BCUT2D eigenvalue weighted by Gasteiger charge is -2.41. The minimum atomic E-state index is -5.12. The summed E-state index contributed by atoms with van der Waals surface area (Å²) in [7, 11) is -5.12. The summed E-state index contributed by atoms with van der Waals surface area (Å²) in [5, 5.41) is 50.1. The molecular weight excluding hydrogens is 779 g/mol. The molecule has 1 fully saturated rings. The van der Waals surface area contributed by atoms with Crippen molar-refractivity contribution in [2.45, 2.75) is 224 Å². The van der Waals surface area contributed by atoms with Gasteiger partial charge in [0.25, 0.3) is 0 Å². The first-order valence-electron chi connectivity index (χ1n) is 22.8. The fourth-order valence-electron chi connectivity index (χ4n) is 6.76. The number of hydrogen-bond acceptors (Lipinski definition) is 12. The van der Waals surface area contributed by atoms with Crippen LogP contribution >= 0.6 is 7.82 Å². The number of ether oxygens (including phenoxy) is 2. The molecule has 0 aromatic heterocycles. The summed E-state index contributed by atoms with van der Waals surface area (Å²) in [6, 6.07) is 0. The van der Waals surface area contributed by atoms with Crippen LogP contribution in [0.3, 0.4) is 0 Å². The van der Waals surface area contributed by atoms with Crippen LogP contribution in [0.25, 0.3) is 0 Å². The van der Waals surface area contributed by atoms with Gasteiger partial charge in [0.05, 0.1) is 6.61 Å². The molecule has 1 saturated carbocycles. The first kappa shape index (κ1) is 55.1. The van der Waals surface area contributed by atoms with Crippen LogP contribution in [0, 0.1) is 0 Å². The molecule has 14 heteroatoms. The van der Waals surface area contributed by atoms with E-state index in [-0.39, 0.29) is 12.8 Å². The van der Waals surface area contributed by atoms with Crippen molar-refractivity contribution in [2.75, 3.05) is 13.2 Å². The third-order valence-corrected chi connectivity index (χ3v) is 11.5. The van der Waals surface area contributed by atoms with Gasteiger partial charge in [-0.25, -0.2) is 4.57 Å². The van der Waals surface area contributed by atoms with Gasteiger partial charge >= 0.3 is 19.8 Å². The number of carbonyl (C=O) groups is 2. The van der Waals surface area contributed by atoms with Gasteiger partial charge in [0.15, 0.2) is 6.10 Å². The quantitative estimate of drug-likeness (QED) is 0.0150. The van der Waals surface area contributed by atoms with Gasteiger partial charge in [-0.1, -0.05) is 153 Å². The summed E-state index contributed by atoms with van der Waals surface area (Å²) in [4.78, 5) is 35.6. The number of esters is 2. The van der Waals surface area contributed by atoms with E-state index in [1.165, 1.54) is 77.0 Å². The highest BCUT2D eigenvalue weighted by molar-refractivity contribution is 7.47. The standard InChI is InChI=1S/C45H81O13P/c1-3-5-7-9-11-13-15-17-18-19-20-22-24-26-28-30-32-34-39(47)57-37(36-56-59(53,54)58-45-43(51)41(49)40(48)42(50)44(45)52)35-55-38(46)33-31-29-27-25-23-21-16-14-12-10-8-6-4-2/h11,13,17-18,20,22,37,40-45,48-52H,3-10,12,14-16,19,21,23-36H2,1-2H3,(H,53,54)/t37-,40?,41-,42?,43?,44?,45?/m1/s1. The zero-order chi connectivity index (χ0) is 43.6. The molecule has 6 unspecified atom stereocenters. The van der Waals surface area contributed by atoms with Gasteiger partial charge in [0, 0.05) is 12.8 Å². The van der Waals surface area contributed by atoms with Gasteiger partial charge in [-0.3, -0.25) is 18.6 Å². The Kier molecular flexibility index (Phi) is 33.3. The van der Waals surface area contributed by atoms with E-state index >= 15 is 0 Å². The van der Waals surface area contributed by atoms with E-state index in [0.717, 1.165) is 64.2 Å². The van der Waals surface area contributed by atoms with Gasteiger partial charge < -0.3 is 39.9 Å². The highest BCUT2D eigenvalue weighted by Gasteiger charge is 2.51. The maximum atomic E-state index is 12.8. The molecule has 0 bridgehead atoms. The van der Waals surface area contributed by atoms with Crippen LogP contribution in [-0.2, 0) is 32.7 Å². The highest BCUT2D eigenvalue weighted by atomic mass is 31.2. The first-order chi connectivity index (χ1) is 28.4. The van der Waals surface area contributed by atoms with Gasteiger partial charge in [-0.2, -0.15) is 0 Å². The zero-order valence-electron chi connectivity index (χ0n) is 36.3. The highest BCUT2D eigenvalue weighted by Crippen LogP contribution is 2.47. The molecule has 59 heavy (non-hydrogen) atoms. The largest absolute Gasteiger partial charge is 0.472 e. The van der Waals surface area contributed by atoms with Crippen molar-refractivity contribution in [1.29, 1.82) is 0 Å². The van der Waals surface area contributed by atoms with Crippen LogP contribution in [-0.4, -0.2) is 98.3 Å². The lowest BCUT2D eigenvalue weighted by Crippen LogP contribution is -2.64. The minimum absolute atomic E-state index is 0.0724. The van der Waals surface area contributed by atoms with Crippen molar-refractivity contribution in [3.05, 3.63) is 36.5 Å². The van der Waals surface area contributed by atoms with Crippen molar-refractivity contribution < 1.29 is 63.1 Å². The molecule has 0 saturated heterocycles. The number of allylic oxidation sites excluding steroid dienone is 6. The van der Waals surface area contributed by atoms with Crippen LogP contribution in [0.4, 0.5) is 0 Å². The monoisotopic (exact) mass is 861 g/mol. The van der Waals surface area contributed by atoms with Crippen molar-refractivity contribution in [3.8, 4) is 0 Å². The smallest absolute Gasteiger partial charge is 0.462 e. The third-order valence-electron chi connectivity index (χ3n) is 10.5. The first-order valence-corrected chi connectivity index (χ1v) is 24.3. The number of phosphoric acid groups is 1. The molecule has 0 spiro atoms. The second kappa shape index (κ2) is 35.6. The van der Waals surface area contributed by atoms with Gasteiger partial charge in [-0.05, 0) is 51.4 Å². The molecule has 1 aliphatic carbocycles. The van der Waals surface area contributed by atoms with Crippen LogP contribution < -0.4 is 0 Å². The second-order valence-electron chi connectivity index (χ2n) is 15.9. The normalized spacial score (nSPS) is 22.6. The summed E-state index contributed by atoms with van der Waals surface area (Å²) in [6.45, 7) is 3.25. The summed E-state index contributed by atoms with van der Waals surface area (Å²) in [5.74, 6) is -1.12. The number of carbonyl (C=O) groups excluding carboxylic acids is 2. The van der Waals surface area contributed by atoms with E-state index in [9.17, 15) is 44.6 Å². The van der Waals surface area contributed by atoms with Crippen LogP contribution in [0.15, 0.2) is 36.5 Å². The minimum Gasteiger partial charge on any atom is -0.462 e. The van der Waals surface area contributed by atoms with Crippen LogP contribution in [0.1, 0.15) is 181 Å². The summed E-state index contributed by atoms with van der Waals surface area (Å²) >= 11 is 0. The predicted molar refractivity (Wildman–Crippen MR) is 230 cm³/mol. The third kappa shape index (κ3) is 28.3. The molecule has 0 aliphatic heterocycles. The Morgan fingerprint density at radius 2 is 0.915 bits per heavy atom. The molecule has 1 aliphatic rings. The van der Waals surface area contributed by atoms with Gasteiger partial charge in [0.2, 0.25) is 0 Å². The average Bonchev–Trinajstić information content (AvgIpc) is 3.21. The Balaban J connectivity index is 2.49. The topological polar surface area (TPSA) is 210 Å². The van der Waals surface area contributed by atoms with Gasteiger partial charge in [-0.15, -0.1) is 0 Å². The molecule has 6 N–H and O–H groups in total. The van der Waals surface area contributed by atoms with Crippen LogP contribution in [0.5, 0.6) is 0 Å². The Hall–Kier alpha value is -1.93. The van der Waals surface area contributed by atoms with Crippen molar-refractivity contribution in [2.24, 2.45) is 0 Å².